The summed E-state index contributed by atoms with van der Waals surface area (Å²) in [5, 5.41) is 0. The average Bonchev–Trinajstić information content (AvgIpc) is 2.76. The van der Waals surface area contributed by atoms with Gasteiger partial charge >= 0.3 is 210 Å². The zero-order valence-corrected chi connectivity index (χ0v) is 32.5. The number of unbranched alkanes of at least 4 members (excludes halogenated alkanes) is 6. The second-order valence-electron chi connectivity index (χ2n) is 9.66. The second-order valence-corrected chi connectivity index (χ2v) is 112. The standard InChI is InChI=1S/6C4H9.3S.3Sn/c6*1-3-4-2;;;;;;/h6*1,3-4H2,2H3;;;;;;. The number of hydrogen-bond donors (Lipinski definition) is 0. The molecule has 0 bridgehead atoms. The fraction of sp³-hybridized carbons (Fsp3) is 1.00. The molecular weight excluding hydrogens is 741 g/mol. The summed E-state index contributed by atoms with van der Waals surface area (Å²) >= 11 is -6.42. The van der Waals surface area contributed by atoms with Crippen molar-refractivity contribution in [2.24, 2.45) is 0 Å². The summed E-state index contributed by atoms with van der Waals surface area (Å²) in [4.78, 5) is 0. The van der Waals surface area contributed by atoms with Gasteiger partial charge < -0.3 is 0 Å². The maximum absolute atomic E-state index is 2.95. The molecule has 180 valence electrons. The van der Waals surface area contributed by atoms with Gasteiger partial charge in [-0.15, -0.1) is 0 Å². The number of rotatable bonds is 18. The van der Waals surface area contributed by atoms with E-state index in [2.05, 4.69) is 59.9 Å². The van der Waals surface area contributed by atoms with Gasteiger partial charge in [0.15, 0.2) is 0 Å². The fourth-order valence-corrected chi connectivity index (χ4v) is 572. The summed E-state index contributed by atoms with van der Waals surface area (Å²) in [6, 6.07) is 0. The van der Waals surface area contributed by atoms with E-state index >= 15 is 0 Å². The summed E-state index contributed by atoms with van der Waals surface area (Å²) in [6.45, 7) is 14.8. The first-order valence-corrected chi connectivity index (χ1v) is 49.1. The maximum atomic E-state index is 2.95. The summed E-state index contributed by atoms with van der Waals surface area (Å²) in [5.41, 5.74) is 0. The Kier molecular flexibility index (Phi) is 18.7. The second kappa shape index (κ2) is 17.8. The van der Waals surface area contributed by atoms with E-state index in [0.717, 1.165) is 0 Å². The SMILES string of the molecule is CCC[CH2][Sn]1([CH2]CCC)[S][Sn]([CH2]CCC)([CH2]CCC)[S][Sn]([CH2]CCC)([CH2]CCC)[S]1. The van der Waals surface area contributed by atoms with Gasteiger partial charge in [-0.2, -0.15) is 0 Å². The fourth-order valence-electron chi connectivity index (χ4n) is 4.74. The van der Waals surface area contributed by atoms with Crippen molar-refractivity contribution >= 4 is 65.2 Å². The van der Waals surface area contributed by atoms with E-state index in [1.165, 1.54) is 38.5 Å². The molecule has 0 N–H and O–H groups in total. The third-order valence-corrected chi connectivity index (χ3v) is 259. The van der Waals surface area contributed by atoms with E-state index in [9.17, 15) is 0 Å². The zero-order valence-electron chi connectivity index (χ0n) is 21.5. The summed E-state index contributed by atoms with van der Waals surface area (Å²) in [6.07, 6.45) is 26.9. The van der Waals surface area contributed by atoms with Crippen LogP contribution in [0.5, 0.6) is 0 Å². The van der Waals surface area contributed by atoms with Crippen LogP contribution in [0.25, 0.3) is 0 Å². The average molecular weight is 795 g/mol. The van der Waals surface area contributed by atoms with Crippen LogP contribution in [0.15, 0.2) is 0 Å². The van der Waals surface area contributed by atoms with Crippen molar-refractivity contribution in [3.05, 3.63) is 0 Å². The third-order valence-electron chi connectivity index (χ3n) is 6.58. The van der Waals surface area contributed by atoms with Crippen LogP contribution in [-0.4, -0.2) is 46.8 Å². The molecule has 0 aromatic carbocycles. The van der Waals surface area contributed by atoms with Gasteiger partial charge in [0.1, 0.15) is 0 Å². The molecule has 30 heavy (non-hydrogen) atoms. The van der Waals surface area contributed by atoms with Crippen LogP contribution in [0.3, 0.4) is 0 Å². The van der Waals surface area contributed by atoms with Gasteiger partial charge in [-0.05, 0) is 0 Å². The zero-order chi connectivity index (χ0) is 22.3. The van der Waals surface area contributed by atoms with Crippen molar-refractivity contribution in [1.29, 1.82) is 0 Å². The molecule has 0 atom stereocenters. The van der Waals surface area contributed by atoms with Crippen molar-refractivity contribution in [2.75, 3.05) is 0 Å². The minimum atomic E-state index is -2.14. The summed E-state index contributed by atoms with van der Waals surface area (Å²) in [5.74, 6) is 0. The minimum absolute atomic E-state index is 1.44. The van der Waals surface area contributed by atoms with Crippen LogP contribution in [0, 0.1) is 0 Å². The molecule has 0 amide bonds. The van der Waals surface area contributed by atoms with Gasteiger partial charge in [0.05, 0.1) is 0 Å². The van der Waals surface area contributed by atoms with Gasteiger partial charge in [-0.1, -0.05) is 0 Å². The van der Waals surface area contributed by atoms with E-state index < -0.39 is 46.8 Å². The van der Waals surface area contributed by atoms with Crippen molar-refractivity contribution in [1.82, 2.24) is 0 Å². The van der Waals surface area contributed by atoms with Crippen molar-refractivity contribution < 1.29 is 0 Å². The van der Waals surface area contributed by atoms with E-state index in [-0.39, 0.29) is 0 Å². The molecule has 1 rings (SSSR count). The van der Waals surface area contributed by atoms with Crippen LogP contribution in [0.2, 0.25) is 26.6 Å². The summed E-state index contributed by atoms with van der Waals surface area (Å²) < 4.78 is 10.5. The molecule has 1 aliphatic heterocycles. The Hall–Kier alpha value is 3.45. The van der Waals surface area contributed by atoms with Crippen molar-refractivity contribution in [3.63, 3.8) is 0 Å². The molecule has 0 spiro atoms. The van der Waals surface area contributed by atoms with Crippen LogP contribution >= 0.6 is 18.4 Å². The molecule has 1 heterocycles. The number of hydrogen-bond acceptors (Lipinski definition) is 3. The molecule has 0 aromatic heterocycles. The Morgan fingerprint density at radius 1 is 0.333 bits per heavy atom. The molecule has 0 nitrogen and oxygen atoms in total. The first kappa shape index (κ1) is 31.5. The topological polar surface area (TPSA) is 0 Å². The first-order chi connectivity index (χ1) is 14.5. The molecule has 0 unspecified atom stereocenters. The Balaban J connectivity index is 3.38. The summed E-state index contributed by atoms with van der Waals surface area (Å²) in [7, 11) is 0. The molecule has 0 radical (unpaired) electrons. The molecule has 1 aliphatic rings. The molecule has 1 fully saturated rings. The van der Waals surface area contributed by atoms with Crippen LogP contribution in [0.1, 0.15) is 119 Å². The van der Waals surface area contributed by atoms with Gasteiger partial charge in [0, 0.05) is 0 Å². The predicted molar refractivity (Wildman–Crippen MR) is 158 cm³/mol. The Bertz CT molecular complexity index is 336. The van der Waals surface area contributed by atoms with Gasteiger partial charge in [-0.3, -0.25) is 0 Å². The molecule has 0 saturated carbocycles. The molecular formula is C24H54S3Sn3. The van der Waals surface area contributed by atoms with E-state index in [1.54, 1.807) is 65.1 Å². The van der Waals surface area contributed by atoms with Gasteiger partial charge in [0.2, 0.25) is 0 Å². The van der Waals surface area contributed by atoms with E-state index in [0.29, 0.717) is 0 Å². The van der Waals surface area contributed by atoms with Crippen LogP contribution in [-0.2, 0) is 0 Å². The molecule has 6 heteroatoms. The van der Waals surface area contributed by atoms with E-state index in [4.69, 9.17) is 0 Å². The quantitative estimate of drug-likeness (QED) is 0.127. The molecule has 0 aliphatic carbocycles. The first-order valence-electron chi connectivity index (χ1n) is 13.6. The molecule has 1 saturated heterocycles. The Morgan fingerprint density at radius 2 is 0.500 bits per heavy atom. The van der Waals surface area contributed by atoms with Gasteiger partial charge in [0.25, 0.3) is 0 Å². The third kappa shape index (κ3) is 11.0. The van der Waals surface area contributed by atoms with Gasteiger partial charge in [-0.25, -0.2) is 0 Å². The van der Waals surface area contributed by atoms with Crippen LogP contribution in [0.4, 0.5) is 0 Å². The van der Waals surface area contributed by atoms with E-state index in [1.807, 2.05) is 0 Å². The Labute approximate surface area is 207 Å². The van der Waals surface area contributed by atoms with Crippen molar-refractivity contribution in [3.8, 4) is 0 Å². The van der Waals surface area contributed by atoms with Crippen molar-refractivity contribution in [2.45, 2.75) is 145 Å². The monoisotopic (exact) mass is 798 g/mol. The van der Waals surface area contributed by atoms with Crippen LogP contribution < -0.4 is 0 Å². The predicted octanol–water partition coefficient (Wildman–Crippen LogP) is 11.3. The Morgan fingerprint density at radius 3 is 0.633 bits per heavy atom. The molecule has 0 aromatic rings. The normalized spacial score (nSPS) is 19.8.